The summed E-state index contributed by atoms with van der Waals surface area (Å²) in [5.41, 5.74) is 1.31. The van der Waals surface area contributed by atoms with Crippen LogP contribution >= 0.6 is 0 Å². The largest absolute Gasteiger partial charge is 0.367 e. The highest BCUT2D eigenvalue weighted by Crippen LogP contribution is 2.19. The highest BCUT2D eigenvalue weighted by molar-refractivity contribution is 5.43. The van der Waals surface area contributed by atoms with Gasteiger partial charge in [0.05, 0.1) is 11.9 Å². The van der Waals surface area contributed by atoms with Crippen molar-refractivity contribution in [3.05, 3.63) is 12.4 Å². The summed E-state index contributed by atoms with van der Waals surface area (Å²) in [5, 5.41) is 4.13. The molecule has 0 aliphatic carbocycles. The van der Waals surface area contributed by atoms with E-state index in [1.165, 1.54) is 0 Å². The maximum Gasteiger partial charge on any atom is 0.0754 e. The van der Waals surface area contributed by atoms with E-state index in [1.807, 2.05) is 24.1 Å². The average molecular weight is 167 g/mol. The molecule has 0 spiro atoms. The van der Waals surface area contributed by atoms with E-state index >= 15 is 0 Å². The van der Waals surface area contributed by atoms with Gasteiger partial charge in [-0.3, -0.25) is 4.68 Å². The van der Waals surface area contributed by atoms with E-state index in [1.54, 1.807) is 0 Å². The Labute approximate surface area is 74.0 Å². The van der Waals surface area contributed by atoms with Crippen molar-refractivity contribution in [1.82, 2.24) is 9.78 Å². The van der Waals surface area contributed by atoms with Crippen LogP contribution in [0.5, 0.6) is 0 Å². The Morgan fingerprint density at radius 2 is 2.00 bits per heavy atom. The zero-order chi connectivity index (χ0) is 9.35. The Morgan fingerprint density at radius 3 is 2.33 bits per heavy atom. The Hall–Kier alpha value is -0.990. The third-order valence-electron chi connectivity index (χ3n) is 2.08. The molecule has 68 valence electrons. The third-order valence-corrected chi connectivity index (χ3v) is 2.08. The van der Waals surface area contributed by atoms with Crippen LogP contribution < -0.4 is 4.90 Å². The number of aryl methyl sites for hydroxylation is 1. The third kappa shape index (κ3) is 1.78. The van der Waals surface area contributed by atoms with Crippen LogP contribution in [-0.4, -0.2) is 22.4 Å². The molecule has 0 saturated carbocycles. The summed E-state index contributed by atoms with van der Waals surface area (Å²) in [6.07, 6.45) is 3.90. The number of anilines is 1. The first-order chi connectivity index (χ1) is 5.41. The van der Waals surface area contributed by atoms with Crippen LogP contribution in [0.25, 0.3) is 0 Å². The minimum Gasteiger partial charge on any atom is -0.367 e. The fourth-order valence-electron chi connectivity index (χ4n) is 0.969. The molecule has 0 amide bonds. The fraction of sp³-hybridized carbons (Fsp3) is 0.667. The molecule has 0 saturated heterocycles. The average Bonchev–Trinajstić information content (AvgIpc) is 2.32. The molecule has 0 aromatic carbocycles. The van der Waals surface area contributed by atoms with Crippen LogP contribution in [0.4, 0.5) is 5.69 Å². The SMILES string of the molecule is CN(c1cnn(C)c1)C(C)(C)C. The van der Waals surface area contributed by atoms with Crippen LogP contribution in [0.1, 0.15) is 20.8 Å². The minimum atomic E-state index is 0.156. The van der Waals surface area contributed by atoms with Crippen molar-refractivity contribution in [1.29, 1.82) is 0 Å². The lowest BCUT2D eigenvalue weighted by atomic mass is 10.1. The first-order valence-corrected chi connectivity index (χ1v) is 4.14. The number of hydrogen-bond donors (Lipinski definition) is 0. The van der Waals surface area contributed by atoms with Crippen LogP contribution in [0.3, 0.4) is 0 Å². The molecule has 12 heavy (non-hydrogen) atoms. The lowest BCUT2D eigenvalue weighted by Gasteiger charge is -2.32. The van der Waals surface area contributed by atoms with Gasteiger partial charge in [0.1, 0.15) is 0 Å². The molecule has 1 rings (SSSR count). The molecular formula is C9H17N3. The van der Waals surface area contributed by atoms with Gasteiger partial charge in [-0.1, -0.05) is 0 Å². The Morgan fingerprint density at radius 1 is 1.42 bits per heavy atom. The summed E-state index contributed by atoms with van der Waals surface area (Å²) in [4.78, 5) is 2.21. The second-order valence-electron chi connectivity index (χ2n) is 4.10. The predicted molar refractivity (Wildman–Crippen MR) is 51.4 cm³/mol. The maximum atomic E-state index is 4.13. The summed E-state index contributed by atoms with van der Waals surface area (Å²) in [5.74, 6) is 0. The van der Waals surface area contributed by atoms with Crippen molar-refractivity contribution in [3.8, 4) is 0 Å². The first-order valence-electron chi connectivity index (χ1n) is 4.14. The molecular weight excluding hydrogens is 150 g/mol. The van der Waals surface area contributed by atoms with Crippen molar-refractivity contribution in [2.75, 3.05) is 11.9 Å². The monoisotopic (exact) mass is 167 g/mol. The highest BCUT2D eigenvalue weighted by atomic mass is 15.3. The Balaban J connectivity index is 2.85. The van der Waals surface area contributed by atoms with Crippen LogP contribution in [0, 0.1) is 0 Å². The molecule has 0 radical (unpaired) electrons. The van der Waals surface area contributed by atoms with Gasteiger partial charge in [-0.25, -0.2) is 0 Å². The van der Waals surface area contributed by atoms with Gasteiger partial charge in [0.25, 0.3) is 0 Å². The Kier molecular flexibility index (Phi) is 2.13. The van der Waals surface area contributed by atoms with Gasteiger partial charge in [-0.2, -0.15) is 5.10 Å². The van der Waals surface area contributed by atoms with Gasteiger partial charge in [-0.05, 0) is 20.8 Å². The Bertz CT molecular complexity index is 257. The fourth-order valence-corrected chi connectivity index (χ4v) is 0.969. The van der Waals surface area contributed by atoms with Gasteiger partial charge in [0, 0.05) is 25.8 Å². The van der Waals surface area contributed by atoms with Gasteiger partial charge in [0.15, 0.2) is 0 Å². The van der Waals surface area contributed by atoms with Crippen molar-refractivity contribution < 1.29 is 0 Å². The molecule has 3 nitrogen and oxygen atoms in total. The summed E-state index contributed by atoms with van der Waals surface area (Å²) in [6, 6.07) is 0. The second kappa shape index (κ2) is 2.81. The molecule has 0 N–H and O–H groups in total. The van der Waals surface area contributed by atoms with Gasteiger partial charge in [-0.15, -0.1) is 0 Å². The number of rotatable bonds is 1. The zero-order valence-electron chi connectivity index (χ0n) is 8.50. The van der Waals surface area contributed by atoms with E-state index in [-0.39, 0.29) is 5.54 Å². The standard InChI is InChI=1S/C9H17N3/c1-9(2,3)12(5)8-6-10-11(4)7-8/h6-7H,1-5H3. The molecule has 0 unspecified atom stereocenters. The number of aromatic nitrogens is 2. The van der Waals surface area contributed by atoms with Crippen molar-refractivity contribution >= 4 is 5.69 Å². The quantitative estimate of drug-likeness (QED) is 0.634. The molecule has 1 aromatic heterocycles. The molecule has 1 heterocycles. The number of nitrogens with zero attached hydrogens (tertiary/aromatic N) is 3. The van der Waals surface area contributed by atoms with E-state index in [4.69, 9.17) is 0 Å². The molecule has 3 heteroatoms. The van der Waals surface area contributed by atoms with Crippen molar-refractivity contribution in [2.24, 2.45) is 7.05 Å². The van der Waals surface area contributed by atoms with Crippen LogP contribution in [0.15, 0.2) is 12.4 Å². The smallest absolute Gasteiger partial charge is 0.0754 e. The van der Waals surface area contributed by atoms with E-state index in [9.17, 15) is 0 Å². The van der Waals surface area contributed by atoms with Crippen LogP contribution in [-0.2, 0) is 7.05 Å². The van der Waals surface area contributed by atoms with Gasteiger partial charge in [0.2, 0.25) is 0 Å². The number of hydrogen-bond acceptors (Lipinski definition) is 2. The van der Waals surface area contributed by atoms with Gasteiger partial charge < -0.3 is 4.90 Å². The van der Waals surface area contributed by atoms with E-state index in [0.29, 0.717) is 0 Å². The van der Waals surface area contributed by atoms with E-state index < -0.39 is 0 Å². The molecule has 0 aliphatic heterocycles. The molecule has 0 atom stereocenters. The second-order valence-corrected chi connectivity index (χ2v) is 4.10. The molecule has 1 aromatic rings. The van der Waals surface area contributed by atoms with Crippen molar-refractivity contribution in [3.63, 3.8) is 0 Å². The van der Waals surface area contributed by atoms with Crippen molar-refractivity contribution in [2.45, 2.75) is 26.3 Å². The molecule has 0 aliphatic rings. The highest BCUT2D eigenvalue weighted by Gasteiger charge is 2.17. The predicted octanol–water partition coefficient (Wildman–Crippen LogP) is 1.65. The normalized spacial score (nSPS) is 11.8. The van der Waals surface area contributed by atoms with Crippen LogP contribution in [0.2, 0.25) is 0 Å². The lowest BCUT2D eigenvalue weighted by Crippen LogP contribution is -2.37. The molecule has 0 fully saturated rings. The molecule has 0 bridgehead atoms. The summed E-state index contributed by atoms with van der Waals surface area (Å²) < 4.78 is 1.82. The summed E-state index contributed by atoms with van der Waals surface area (Å²) in [7, 11) is 4.01. The summed E-state index contributed by atoms with van der Waals surface area (Å²) in [6.45, 7) is 6.54. The maximum absolute atomic E-state index is 4.13. The van der Waals surface area contributed by atoms with E-state index in [2.05, 4.69) is 37.8 Å². The van der Waals surface area contributed by atoms with E-state index in [0.717, 1.165) is 5.69 Å². The first kappa shape index (κ1) is 9.10. The topological polar surface area (TPSA) is 21.1 Å². The minimum absolute atomic E-state index is 0.156. The summed E-state index contributed by atoms with van der Waals surface area (Å²) >= 11 is 0. The van der Waals surface area contributed by atoms with Gasteiger partial charge >= 0.3 is 0 Å². The lowest BCUT2D eigenvalue weighted by molar-refractivity contribution is 0.538. The zero-order valence-corrected chi connectivity index (χ0v) is 8.50.